The number of para-hydroxylation sites is 2. The maximum Gasteiger partial charge on any atom is 0.167 e. The molecular formula is C51H29N3O2S. The van der Waals surface area contributed by atoms with Gasteiger partial charge in [0, 0.05) is 64.0 Å². The number of thiophene rings is 1. The second kappa shape index (κ2) is 12.6. The molecule has 4 aromatic heterocycles. The van der Waals surface area contributed by atoms with Gasteiger partial charge in [0.05, 0.1) is 5.56 Å². The van der Waals surface area contributed by atoms with Crippen molar-refractivity contribution < 1.29 is 8.83 Å². The summed E-state index contributed by atoms with van der Waals surface area (Å²) in [5.74, 6) is 1.79. The number of aromatic nitrogens is 3. The van der Waals surface area contributed by atoms with Crippen LogP contribution in [0.25, 0.3) is 120 Å². The molecule has 0 saturated carbocycles. The highest BCUT2D eigenvalue weighted by atomic mass is 32.1. The Kier molecular flexibility index (Phi) is 7.03. The fourth-order valence-corrected chi connectivity index (χ4v) is 9.78. The maximum absolute atomic E-state index is 6.80. The monoisotopic (exact) mass is 747 g/mol. The first-order valence-corrected chi connectivity index (χ1v) is 19.8. The highest BCUT2D eigenvalue weighted by molar-refractivity contribution is 7.27. The lowest BCUT2D eigenvalue weighted by molar-refractivity contribution is 0.669. The SMILES string of the molecule is c1ccc(-c2nc(-c3ccccc3)nc(-c3cccc4c3oc3cccc(-c5cccc6c5sc5c(-c7cccc8oc9ccccc9c78)cccc56)c34)n2)cc1. The quantitative estimate of drug-likeness (QED) is 0.175. The molecule has 12 rings (SSSR count). The number of rotatable bonds is 5. The summed E-state index contributed by atoms with van der Waals surface area (Å²) in [7, 11) is 0. The molecule has 0 fully saturated rings. The maximum atomic E-state index is 6.80. The van der Waals surface area contributed by atoms with Gasteiger partial charge in [0.2, 0.25) is 0 Å². The molecular weight excluding hydrogens is 719 g/mol. The standard InChI is InChI=1S/C51H29N3O2S/c1-3-14-30(15-4-1)49-52-50(31-16-5-2-6-17-31)54-51(53-49)40-26-11-25-39-45-33(20-13-29-43(45)56-46(39)40)35-22-10-24-37-36-23-9-21-34(47(36)57-48(35)37)32-19-12-28-42-44(32)38-18-7-8-27-41(38)55-42/h1-29H. The average molecular weight is 748 g/mol. The smallest absolute Gasteiger partial charge is 0.167 e. The Morgan fingerprint density at radius 3 is 1.39 bits per heavy atom. The summed E-state index contributed by atoms with van der Waals surface area (Å²) in [5, 5.41) is 6.83. The first kappa shape index (κ1) is 31.9. The van der Waals surface area contributed by atoms with Gasteiger partial charge in [-0.3, -0.25) is 0 Å². The Morgan fingerprint density at radius 1 is 0.316 bits per heavy atom. The summed E-state index contributed by atoms with van der Waals surface area (Å²) in [6.07, 6.45) is 0. The number of furan rings is 2. The van der Waals surface area contributed by atoms with Gasteiger partial charge in [-0.1, -0.05) is 152 Å². The lowest BCUT2D eigenvalue weighted by Crippen LogP contribution is -2.00. The highest BCUT2D eigenvalue weighted by Gasteiger charge is 2.22. The van der Waals surface area contributed by atoms with Crippen molar-refractivity contribution in [1.82, 2.24) is 15.0 Å². The van der Waals surface area contributed by atoms with Crippen molar-refractivity contribution in [1.29, 1.82) is 0 Å². The van der Waals surface area contributed by atoms with E-state index in [0.717, 1.165) is 66.1 Å². The van der Waals surface area contributed by atoms with Gasteiger partial charge in [0.25, 0.3) is 0 Å². The molecule has 6 heteroatoms. The molecule has 5 nitrogen and oxygen atoms in total. The van der Waals surface area contributed by atoms with Crippen LogP contribution in [0.2, 0.25) is 0 Å². The van der Waals surface area contributed by atoms with E-state index in [4.69, 9.17) is 23.8 Å². The van der Waals surface area contributed by atoms with Crippen molar-refractivity contribution in [2.45, 2.75) is 0 Å². The summed E-state index contributed by atoms with van der Waals surface area (Å²) < 4.78 is 15.6. The van der Waals surface area contributed by atoms with Crippen LogP contribution in [0.1, 0.15) is 0 Å². The van der Waals surface area contributed by atoms with Crippen LogP contribution in [0, 0.1) is 0 Å². The molecule has 57 heavy (non-hydrogen) atoms. The molecule has 0 saturated heterocycles. The molecule has 0 aliphatic heterocycles. The van der Waals surface area contributed by atoms with Crippen molar-refractivity contribution >= 4 is 75.4 Å². The molecule has 0 atom stereocenters. The van der Waals surface area contributed by atoms with Crippen LogP contribution in [-0.4, -0.2) is 15.0 Å². The minimum absolute atomic E-state index is 0.563. The number of nitrogens with zero attached hydrogens (tertiary/aromatic N) is 3. The molecule has 0 unspecified atom stereocenters. The predicted octanol–water partition coefficient (Wildman–Crippen LogP) is 14.4. The van der Waals surface area contributed by atoms with Gasteiger partial charge in [-0.15, -0.1) is 11.3 Å². The van der Waals surface area contributed by atoms with Gasteiger partial charge in [0.1, 0.15) is 22.3 Å². The van der Waals surface area contributed by atoms with Gasteiger partial charge in [-0.25, -0.2) is 15.0 Å². The Bertz CT molecular complexity index is 3470. The van der Waals surface area contributed by atoms with Crippen molar-refractivity contribution in [2.75, 3.05) is 0 Å². The first-order valence-electron chi connectivity index (χ1n) is 18.9. The molecule has 0 aliphatic carbocycles. The Balaban J connectivity index is 1.06. The number of fused-ring (bicyclic) bond motifs is 9. The van der Waals surface area contributed by atoms with Crippen LogP contribution >= 0.6 is 11.3 Å². The van der Waals surface area contributed by atoms with E-state index >= 15 is 0 Å². The van der Waals surface area contributed by atoms with Gasteiger partial charge in [-0.05, 0) is 35.4 Å². The zero-order chi connectivity index (χ0) is 37.5. The van der Waals surface area contributed by atoms with Gasteiger partial charge >= 0.3 is 0 Å². The van der Waals surface area contributed by atoms with Crippen LogP contribution in [0.15, 0.2) is 185 Å². The van der Waals surface area contributed by atoms with Gasteiger partial charge in [0.15, 0.2) is 17.5 Å². The van der Waals surface area contributed by atoms with Crippen molar-refractivity contribution in [3.63, 3.8) is 0 Å². The third-order valence-electron chi connectivity index (χ3n) is 11.0. The van der Waals surface area contributed by atoms with Crippen molar-refractivity contribution in [3.05, 3.63) is 176 Å². The molecule has 0 bridgehead atoms. The Labute approximate surface area is 330 Å². The van der Waals surface area contributed by atoms with E-state index in [1.807, 2.05) is 90.2 Å². The third-order valence-corrected chi connectivity index (χ3v) is 12.3. The fraction of sp³-hybridized carbons (Fsp3) is 0. The Morgan fingerprint density at radius 2 is 0.754 bits per heavy atom. The molecule has 0 radical (unpaired) electrons. The first-order chi connectivity index (χ1) is 28.3. The number of hydrogen-bond acceptors (Lipinski definition) is 6. The van der Waals surface area contributed by atoms with E-state index in [2.05, 4.69) is 97.1 Å². The van der Waals surface area contributed by atoms with Crippen molar-refractivity contribution in [2.24, 2.45) is 0 Å². The number of benzene rings is 8. The largest absolute Gasteiger partial charge is 0.456 e. The summed E-state index contributed by atoms with van der Waals surface area (Å²) >= 11 is 1.85. The van der Waals surface area contributed by atoms with Crippen LogP contribution in [0.5, 0.6) is 0 Å². The summed E-state index contributed by atoms with van der Waals surface area (Å²) in [4.78, 5) is 15.0. The summed E-state index contributed by atoms with van der Waals surface area (Å²) in [6, 6.07) is 60.7. The Hall–Kier alpha value is -7.41. The van der Waals surface area contributed by atoms with E-state index in [-0.39, 0.29) is 0 Å². The van der Waals surface area contributed by atoms with E-state index in [1.54, 1.807) is 0 Å². The normalized spacial score (nSPS) is 11.9. The predicted molar refractivity (Wildman–Crippen MR) is 234 cm³/mol. The molecule has 0 spiro atoms. The van der Waals surface area contributed by atoms with E-state index < -0.39 is 0 Å². The second-order valence-corrected chi connectivity index (χ2v) is 15.3. The second-order valence-electron chi connectivity index (χ2n) is 14.2. The van der Waals surface area contributed by atoms with Crippen LogP contribution in [0.3, 0.4) is 0 Å². The molecule has 0 aliphatic rings. The zero-order valence-corrected chi connectivity index (χ0v) is 31.1. The lowest BCUT2D eigenvalue weighted by Gasteiger charge is -2.09. The van der Waals surface area contributed by atoms with Crippen LogP contribution in [-0.2, 0) is 0 Å². The zero-order valence-electron chi connectivity index (χ0n) is 30.3. The van der Waals surface area contributed by atoms with Gasteiger partial charge in [-0.2, -0.15) is 0 Å². The summed E-state index contributed by atoms with van der Waals surface area (Å²) in [6.45, 7) is 0. The van der Waals surface area contributed by atoms with Crippen molar-refractivity contribution in [3.8, 4) is 56.4 Å². The molecule has 0 amide bonds. The third kappa shape index (κ3) is 4.98. The van der Waals surface area contributed by atoms with E-state index in [1.165, 1.54) is 36.9 Å². The highest BCUT2D eigenvalue weighted by Crippen LogP contribution is 2.48. The minimum atomic E-state index is 0.563. The average Bonchev–Trinajstić information content (AvgIpc) is 3.98. The van der Waals surface area contributed by atoms with Crippen LogP contribution in [0.4, 0.5) is 0 Å². The van der Waals surface area contributed by atoms with Gasteiger partial charge < -0.3 is 8.83 Å². The molecule has 266 valence electrons. The molecule has 4 heterocycles. The van der Waals surface area contributed by atoms with E-state index in [0.29, 0.717) is 17.5 Å². The minimum Gasteiger partial charge on any atom is -0.456 e. The van der Waals surface area contributed by atoms with Crippen LogP contribution < -0.4 is 0 Å². The summed E-state index contributed by atoms with van der Waals surface area (Å²) in [5.41, 5.74) is 10.7. The lowest BCUT2D eigenvalue weighted by atomic mass is 9.96. The molecule has 8 aromatic carbocycles. The topological polar surface area (TPSA) is 65.0 Å². The molecule has 12 aromatic rings. The fourth-order valence-electron chi connectivity index (χ4n) is 8.42. The molecule has 0 N–H and O–H groups in total. The van der Waals surface area contributed by atoms with E-state index in [9.17, 15) is 0 Å². The number of hydrogen-bond donors (Lipinski definition) is 0.